The third-order valence-corrected chi connectivity index (χ3v) is 3.75. The van der Waals surface area contributed by atoms with Gasteiger partial charge >= 0.3 is 0 Å². The number of aromatic nitrogens is 2. The molecule has 0 radical (unpaired) electrons. The molecule has 1 atom stereocenters. The molecule has 20 heavy (non-hydrogen) atoms. The van der Waals surface area contributed by atoms with Crippen molar-refractivity contribution in [3.8, 4) is 0 Å². The average Bonchev–Trinajstić information content (AvgIpc) is 2.93. The van der Waals surface area contributed by atoms with Crippen molar-refractivity contribution in [2.45, 2.75) is 39.7 Å². The minimum atomic E-state index is 0.459. The highest BCUT2D eigenvalue weighted by Crippen LogP contribution is 2.21. The summed E-state index contributed by atoms with van der Waals surface area (Å²) >= 11 is 0. The van der Waals surface area contributed by atoms with Crippen molar-refractivity contribution >= 4 is 0 Å². The molecule has 0 aliphatic carbocycles. The van der Waals surface area contributed by atoms with E-state index in [-0.39, 0.29) is 0 Å². The molecule has 110 valence electrons. The number of furan rings is 1. The molecule has 4 heteroatoms. The third kappa shape index (κ3) is 3.73. The Bertz CT molecular complexity index is 556. The summed E-state index contributed by atoms with van der Waals surface area (Å²) in [6.07, 6.45) is 3.20. The lowest BCUT2D eigenvalue weighted by atomic mass is 10.0. The fraction of sp³-hybridized carbons (Fsp3) is 0.562. The van der Waals surface area contributed by atoms with Gasteiger partial charge in [0.15, 0.2) is 0 Å². The lowest BCUT2D eigenvalue weighted by Crippen LogP contribution is -2.20. The monoisotopic (exact) mass is 275 g/mol. The molecule has 0 aliphatic heterocycles. The van der Waals surface area contributed by atoms with Gasteiger partial charge in [0, 0.05) is 31.3 Å². The Morgan fingerprint density at radius 3 is 2.65 bits per heavy atom. The van der Waals surface area contributed by atoms with Crippen LogP contribution in [0.5, 0.6) is 0 Å². The van der Waals surface area contributed by atoms with Crippen LogP contribution in [-0.4, -0.2) is 28.3 Å². The summed E-state index contributed by atoms with van der Waals surface area (Å²) in [5, 5.41) is 4.38. The second-order valence-electron chi connectivity index (χ2n) is 5.79. The Morgan fingerprint density at radius 2 is 2.10 bits per heavy atom. The predicted molar refractivity (Wildman–Crippen MR) is 80.8 cm³/mol. The Kier molecular flexibility index (Phi) is 4.65. The van der Waals surface area contributed by atoms with Gasteiger partial charge in [0.25, 0.3) is 0 Å². The number of nitrogens with zero attached hydrogens (tertiary/aromatic N) is 3. The molecule has 4 nitrogen and oxygen atoms in total. The van der Waals surface area contributed by atoms with Gasteiger partial charge in [-0.05, 0) is 46.0 Å². The van der Waals surface area contributed by atoms with Gasteiger partial charge < -0.3 is 9.32 Å². The van der Waals surface area contributed by atoms with Crippen LogP contribution in [0.25, 0.3) is 0 Å². The van der Waals surface area contributed by atoms with E-state index in [4.69, 9.17) is 4.42 Å². The standard InChI is InChI=1S/C16H25N3O/c1-12(16-7-6-13(2)20-16)8-9-18(4)10-15-11-19(5)17-14(15)3/h6-7,11-12H,8-10H2,1-5H3/t12-/m0/s1. The Morgan fingerprint density at radius 1 is 1.35 bits per heavy atom. The number of aryl methyl sites for hydroxylation is 3. The maximum atomic E-state index is 5.69. The van der Waals surface area contributed by atoms with Crippen molar-refractivity contribution < 1.29 is 4.42 Å². The first-order valence-corrected chi connectivity index (χ1v) is 7.19. The summed E-state index contributed by atoms with van der Waals surface area (Å²) < 4.78 is 7.57. The summed E-state index contributed by atoms with van der Waals surface area (Å²) in [5.74, 6) is 2.54. The normalized spacial score (nSPS) is 13.1. The van der Waals surface area contributed by atoms with Gasteiger partial charge in [0.05, 0.1) is 5.69 Å². The molecule has 0 unspecified atom stereocenters. The van der Waals surface area contributed by atoms with Gasteiger partial charge in [-0.15, -0.1) is 0 Å². The average molecular weight is 275 g/mol. The first-order valence-electron chi connectivity index (χ1n) is 7.19. The van der Waals surface area contributed by atoms with Crippen LogP contribution in [0.3, 0.4) is 0 Å². The molecule has 2 heterocycles. The number of hydrogen-bond donors (Lipinski definition) is 0. The topological polar surface area (TPSA) is 34.2 Å². The second-order valence-corrected chi connectivity index (χ2v) is 5.79. The minimum Gasteiger partial charge on any atom is -0.466 e. The van der Waals surface area contributed by atoms with Crippen LogP contribution in [-0.2, 0) is 13.6 Å². The van der Waals surface area contributed by atoms with Crippen LogP contribution in [0, 0.1) is 13.8 Å². The Balaban J connectivity index is 1.83. The fourth-order valence-corrected chi connectivity index (χ4v) is 2.45. The van der Waals surface area contributed by atoms with Gasteiger partial charge in [-0.2, -0.15) is 5.10 Å². The van der Waals surface area contributed by atoms with Crippen molar-refractivity contribution in [2.24, 2.45) is 7.05 Å². The van der Waals surface area contributed by atoms with Crippen molar-refractivity contribution in [2.75, 3.05) is 13.6 Å². The van der Waals surface area contributed by atoms with E-state index in [0.29, 0.717) is 5.92 Å². The molecule has 0 aliphatic rings. The summed E-state index contributed by atoms with van der Waals surface area (Å²) in [7, 11) is 4.13. The Hall–Kier alpha value is -1.55. The van der Waals surface area contributed by atoms with Gasteiger partial charge in [-0.25, -0.2) is 0 Å². The van der Waals surface area contributed by atoms with E-state index < -0.39 is 0 Å². The van der Waals surface area contributed by atoms with Crippen molar-refractivity contribution in [1.29, 1.82) is 0 Å². The van der Waals surface area contributed by atoms with E-state index in [2.05, 4.69) is 43.2 Å². The molecule has 0 bridgehead atoms. The van der Waals surface area contributed by atoms with Crippen LogP contribution >= 0.6 is 0 Å². The van der Waals surface area contributed by atoms with Gasteiger partial charge in [0.1, 0.15) is 11.5 Å². The molecule has 0 N–H and O–H groups in total. The quantitative estimate of drug-likeness (QED) is 0.811. The number of hydrogen-bond acceptors (Lipinski definition) is 3. The number of rotatable bonds is 6. The highest BCUT2D eigenvalue weighted by Gasteiger charge is 2.12. The molecule has 0 saturated carbocycles. The van der Waals surface area contributed by atoms with E-state index in [1.165, 1.54) is 5.56 Å². The van der Waals surface area contributed by atoms with Crippen molar-refractivity contribution in [1.82, 2.24) is 14.7 Å². The molecule has 0 aromatic carbocycles. The largest absolute Gasteiger partial charge is 0.466 e. The molecule has 0 fully saturated rings. The molecule has 0 spiro atoms. The molecule has 2 rings (SSSR count). The van der Waals surface area contributed by atoms with Crippen LogP contribution in [0.15, 0.2) is 22.7 Å². The van der Waals surface area contributed by atoms with Gasteiger partial charge in [-0.3, -0.25) is 4.68 Å². The molecule has 0 saturated heterocycles. The van der Waals surface area contributed by atoms with Gasteiger partial charge in [-0.1, -0.05) is 6.92 Å². The molecular formula is C16H25N3O. The van der Waals surface area contributed by atoms with E-state index >= 15 is 0 Å². The summed E-state index contributed by atoms with van der Waals surface area (Å²) in [5.41, 5.74) is 2.42. The molecule has 2 aromatic heterocycles. The summed E-state index contributed by atoms with van der Waals surface area (Å²) in [6.45, 7) is 8.28. The van der Waals surface area contributed by atoms with E-state index in [0.717, 1.165) is 36.7 Å². The van der Waals surface area contributed by atoms with E-state index in [1.54, 1.807) is 0 Å². The summed E-state index contributed by atoms with van der Waals surface area (Å²) in [4.78, 5) is 2.34. The zero-order valence-electron chi connectivity index (χ0n) is 13.2. The minimum absolute atomic E-state index is 0.459. The third-order valence-electron chi connectivity index (χ3n) is 3.75. The highest BCUT2D eigenvalue weighted by atomic mass is 16.3. The zero-order valence-corrected chi connectivity index (χ0v) is 13.2. The first kappa shape index (κ1) is 14.9. The van der Waals surface area contributed by atoms with E-state index in [9.17, 15) is 0 Å². The Labute approximate surface area is 121 Å². The molecule has 2 aromatic rings. The first-order chi connectivity index (χ1) is 9.45. The molecule has 0 amide bonds. The predicted octanol–water partition coefficient (Wildman–Crippen LogP) is 3.26. The van der Waals surface area contributed by atoms with E-state index in [1.807, 2.05) is 24.7 Å². The fourth-order valence-electron chi connectivity index (χ4n) is 2.45. The van der Waals surface area contributed by atoms with Crippen molar-refractivity contribution in [3.05, 3.63) is 41.1 Å². The zero-order chi connectivity index (χ0) is 14.7. The van der Waals surface area contributed by atoms with Crippen LogP contribution in [0.4, 0.5) is 0 Å². The highest BCUT2D eigenvalue weighted by molar-refractivity contribution is 5.15. The van der Waals surface area contributed by atoms with Gasteiger partial charge in [0.2, 0.25) is 0 Å². The summed E-state index contributed by atoms with van der Waals surface area (Å²) in [6, 6.07) is 4.12. The van der Waals surface area contributed by atoms with Crippen LogP contribution in [0.2, 0.25) is 0 Å². The SMILES string of the molecule is Cc1ccc([C@@H](C)CCN(C)Cc2cn(C)nc2C)o1. The maximum absolute atomic E-state index is 5.69. The van der Waals surface area contributed by atoms with Crippen LogP contribution in [0.1, 0.15) is 42.0 Å². The second kappa shape index (κ2) is 6.27. The lowest BCUT2D eigenvalue weighted by Gasteiger charge is -2.18. The van der Waals surface area contributed by atoms with Crippen LogP contribution < -0.4 is 0 Å². The van der Waals surface area contributed by atoms with Crippen molar-refractivity contribution in [3.63, 3.8) is 0 Å². The molecular weight excluding hydrogens is 250 g/mol. The smallest absolute Gasteiger partial charge is 0.107 e. The maximum Gasteiger partial charge on any atom is 0.107 e. The lowest BCUT2D eigenvalue weighted by molar-refractivity contribution is 0.304.